The zero-order valence-electron chi connectivity index (χ0n) is 10.4. The number of methoxy groups -OCH3 is 1. The van der Waals surface area contributed by atoms with Gasteiger partial charge in [-0.1, -0.05) is 13.0 Å². The summed E-state index contributed by atoms with van der Waals surface area (Å²) < 4.78 is 5.02. The summed E-state index contributed by atoms with van der Waals surface area (Å²) in [6.45, 7) is 4.62. The average molecular weight is 254 g/mol. The monoisotopic (exact) mass is 254 g/mol. The summed E-state index contributed by atoms with van der Waals surface area (Å²) in [4.78, 5) is 12.2. The third-order valence-electron chi connectivity index (χ3n) is 2.63. The van der Waals surface area contributed by atoms with Gasteiger partial charge in [-0.25, -0.2) is 4.79 Å². The van der Waals surface area contributed by atoms with E-state index in [4.69, 9.17) is 9.84 Å². The Morgan fingerprint density at radius 1 is 1.47 bits per heavy atom. The van der Waals surface area contributed by atoms with Crippen LogP contribution in [0.15, 0.2) is 17.0 Å². The molecule has 1 aromatic rings. The second-order valence-electron chi connectivity index (χ2n) is 3.73. The Labute approximate surface area is 106 Å². The molecule has 0 atom stereocenters. The third kappa shape index (κ3) is 3.48. The molecule has 1 rings (SSSR count). The predicted octanol–water partition coefficient (Wildman–Crippen LogP) is 2.99. The molecule has 0 fully saturated rings. The van der Waals surface area contributed by atoms with E-state index in [0.717, 1.165) is 22.6 Å². The van der Waals surface area contributed by atoms with Crippen LogP contribution < -0.4 is 0 Å². The largest absolute Gasteiger partial charge is 0.478 e. The summed E-state index contributed by atoms with van der Waals surface area (Å²) in [6, 6.07) is 3.60. The van der Waals surface area contributed by atoms with Gasteiger partial charge in [0.05, 0.1) is 12.2 Å². The van der Waals surface area contributed by atoms with Crippen LogP contribution in [0, 0.1) is 6.92 Å². The van der Waals surface area contributed by atoms with Crippen LogP contribution in [0.4, 0.5) is 0 Å². The first kappa shape index (κ1) is 14.1. The summed E-state index contributed by atoms with van der Waals surface area (Å²) in [5, 5.41) is 9.09. The van der Waals surface area contributed by atoms with Crippen molar-refractivity contribution in [3.05, 3.63) is 28.8 Å². The van der Waals surface area contributed by atoms with Crippen LogP contribution in [0.2, 0.25) is 0 Å². The molecule has 0 saturated carbocycles. The second kappa shape index (κ2) is 6.67. The van der Waals surface area contributed by atoms with E-state index < -0.39 is 5.97 Å². The lowest BCUT2D eigenvalue weighted by molar-refractivity contribution is 0.0696. The Morgan fingerprint density at radius 2 is 2.18 bits per heavy atom. The first-order valence-corrected chi connectivity index (χ1v) is 6.57. The summed E-state index contributed by atoms with van der Waals surface area (Å²) in [5.41, 5.74) is 2.45. The van der Waals surface area contributed by atoms with Crippen molar-refractivity contribution in [2.24, 2.45) is 0 Å². The van der Waals surface area contributed by atoms with Crippen LogP contribution in [0.1, 0.15) is 28.4 Å². The molecular formula is C13H18O3S. The quantitative estimate of drug-likeness (QED) is 0.626. The zero-order chi connectivity index (χ0) is 12.8. The lowest BCUT2D eigenvalue weighted by Crippen LogP contribution is -2.03. The van der Waals surface area contributed by atoms with E-state index in [9.17, 15) is 4.79 Å². The van der Waals surface area contributed by atoms with Crippen molar-refractivity contribution in [2.75, 3.05) is 19.5 Å². The molecule has 0 aliphatic carbocycles. The molecule has 0 heterocycles. The van der Waals surface area contributed by atoms with Crippen molar-refractivity contribution in [3.63, 3.8) is 0 Å². The zero-order valence-corrected chi connectivity index (χ0v) is 11.3. The number of carboxylic acid groups (broad SMARTS) is 1. The summed E-state index contributed by atoms with van der Waals surface area (Å²) in [6.07, 6.45) is 0.913. The maximum atomic E-state index is 11.1. The minimum atomic E-state index is -0.862. The lowest BCUT2D eigenvalue weighted by atomic mass is 10.0. The van der Waals surface area contributed by atoms with E-state index >= 15 is 0 Å². The number of hydrogen-bond acceptors (Lipinski definition) is 3. The van der Waals surface area contributed by atoms with Crippen molar-refractivity contribution in [3.8, 4) is 0 Å². The number of aromatic carboxylic acids is 1. The molecule has 1 N–H and O–H groups in total. The van der Waals surface area contributed by atoms with E-state index in [1.165, 1.54) is 5.56 Å². The van der Waals surface area contributed by atoms with Gasteiger partial charge in [0, 0.05) is 17.8 Å². The molecule has 0 aliphatic rings. The Hall–Kier alpha value is -1.00. The van der Waals surface area contributed by atoms with Crippen LogP contribution in [-0.2, 0) is 11.2 Å². The first-order chi connectivity index (χ1) is 8.11. The van der Waals surface area contributed by atoms with Crippen LogP contribution in [0.5, 0.6) is 0 Å². The van der Waals surface area contributed by atoms with Gasteiger partial charge in [0.2, 0.25) is 0 Å². The van der Waals surface area contributed by atoms with Gasteiger partial charge in [-0.3, -0.25) is 0 Å². The third-order valence-corrected chi connectivity index (χ3v) is 3.86. The normalized spacial score (nSPS) is 10.5. The van der Waals surface area contributed by atoms with Crippen molar-refractivity contribution in [2.45, 2.75) is 25.2 Å². The number of thioether (sulfide) groups is 1. The van der Waals surface area contributed by atoms with E-state index in [-0.39, 0.29) is 0 Å². The fraction of sp³-hybridized carbons (Fsp3) is 0.462. The predicted molar refractivity (Wildman–Crippen MR) is 70.1 cm³/mol. The van der Waals surface area contributed by atoms with Crippen LogP contribution >= 0.6 is 11.8 Å². The van der Waals surface area contributed by atoms with E-state index in [2.05, 4.69) is 6.92 Å². The number of ether oxygens (including phenoxy) is 1. The molecule has 0 saturated heterocycles. The van der Waals surface area contributed by atoms with Crippen molar-refractivity contribution >= 4 is 17.7 Å². The standard InChI is InChI=1S/C13H18O3S/c1-4-10-5-6-11(13(14)15)9(2)12(10)17-8-7-16-3/h5-6H,4,7-8H2,1-3H3,(H,14,15). The first-order valence-electron chi connectivity index (χ1n) is 5.59. The fourth-order valence-corrected chi connectivity index (χ4v) is 2.86. The molecule has 0 spiro atoms. The number of aryl methyl sites for hydroxylation is 1. The fourth-order valence-electron chi connectivity index (χ4n) is 1.69. The van der Waals surface area contributed by atoms with E-state index in [1.54, 1.807) is 24.9 Å². The highest BCUT2D eigenvalue weighted by atomic mass is 32.2. The SMILES string of the molecule is CCc1ccc(C(=O)O)c(C)c1SCCOC. The maximum absolute atomic E-state index is 11.1. The highest BCUT2D eigenvalue weighted by Gasteiger charge is 2.13. The summed E-state index contributed by atoms with van der Waals surface area (Å²) in [7, 11) is 1.67. The van der Waals surface area contributed by atoms with Gasteiger partial charge in [-0.15, -0.1) is 11.8 Å². The summed E-state index contributed by atoms with van der Waals surface area (Å²) >= 11 is 1.67. The Morgan fingerprint density at radius 3 is 2.71 bits per heavy atom. The van der Waals surface area contributed by atoms with Gasteiger partial charge in [-0.05, 0) is 30.5 Å². The Kier molecular flexibility index (Phi) is 5.51. The topological polar surface area (TPSA) is 46.5 Å². The van der Waals surface area contributed by atoms with Crippen LogP contribution in [-0.4, -0.2) is 30.5 Å². The summed E-state index contributed by atoms with van der Waals surface area (Å²) in [5.74, 6) is -0.0216. The molecule has 0 bridgehead atoms. The van der Waals surface area contributed by atoms with E-state index in [0.29, 0.717) is 12.2 Å². The van der Waals surface area contributed by atoms with Crippen LogP contribution in [0.3, 0.4) is 0 Å². The number of benzene rings is 1. The smallest absolute Gasteiger partial charge is 0.335 e. The molecule has 94 valence electrons. The van der Waals surface area contributed by atoms with Gasteiger partial charge in [0.15, 0.2) is 0 Å². The van der Waals surface area contributed by atoms with E-state index in [1.807, 2.05) is 13.0 Å². The highest BCUT2D eigenvalue weighted by molar-refractivity contribution is 7.99. The molecule has 3 nitrogen and oxygen atoms in total. The van der Waals surface area contributed by atoms with Gasteiger partial charge in [0.25, 0.3) is 0 Å². The van der Waals surface area contributed by atoms with Crippen molar-refractivity contribution in [1.29, 1.82) is 0 Å². The lowest BCUT2D eigenvalue weighted by Gasteiger charge is -2.13. The number of carbonyl (C=O) groups is 1. The molecular weight excluding hydrogens is 236 g/mol. The second-order valence-corrected chi connectivity index (χ2v) is 4.83. The highest BCUT2D eigenvalue weighted by Crippen LogP contribution is 2.29. The molecule has 0 unspecified atom stereocenters. The van der Waals surface area contributed by atoms with Gasteiger partial charge in [0.1, 0.15) is 0 Å². The van der Waals surface area contributed by atoms with Crippen LogP contribution in [0.25, 0.3) is 0 Å². The number of rotatable bonds is 6. The average Bonchev–Trinajstić information content (AvgIpc) is 2.30. The minimum Gasteiger partial charge on any atom is -0.478 e. The van der Waals surface area contributed by atoms with Gasteiger partial charge >= 0.3 is 5.97 Å². The maximum Gasteiger partial charge on any atom is 0.335 e. The van der Waals surface area contributed by atoms with Crippen molar-refractivity contribution in [1.82, 2.24) is 0 Å². The van der Waals surface area contributed by atoms with Gasteiger partial charge < -0.3 is 9.84 Å². The molecule has 0 aromatic heterocycles. The number of carboxylic acids is 1. The Bertz CT molecular complexity index is 402. The van der Waals surface area contributed by atoms with Crippen molar-refractivity contribution < 1.29 is 14.6 Å². The minimum absolute atomic E-state index is 0.391. The van der Waals surface area contributed by atoms with Gasteiger partial charge in [-0.2, -0.15) is 0 Å². The Balaban J connectivity index is 3.04. The molecule has 0 aliphatic heterocycles. The molecule has 1 aromatic carbocycles. The molecule has 17 heavy (non-hydrogen) atoms. The molecule has 0 radical (unpaired) electrons. The molecule has 0 amide bonds. The number of hydrogen-bond donors (Lipinski definition) is 1. The molecule has 4 heteroatoms.